The summed E-state index contributed by atoms with van der Waals surface area (Å²) in [5, 5.41) is 0. The number of hydrogen-bond donors (Lipinski definition) is 0. The van der Waals surface area contributed by atoms with Gasteiger partial charge in [0.2, 0.25) is 0 Å². The number of hydrogen-bond acceptors (Lipinski definition) is 1. The molecule has 1 aromatic carbocycles. The van der Waals surface area contributed by atoms with Crippen molar-refractivity contribution in [1.82, 2.24) is 13.1 Å². The Labute approximate surface area is 152 Å². The number of imidazole rings is 1. The fourth-order valence-corrected chi connectivity index (χ4v) is 4.86. The second-order valence-corrected chi connectivity index (χ2v) is 8.32. The number of halogens is 2. The second-order valence-electron chi connectivity index (χ2n) is 6.45. The van der Waals surface area contributed by atoms with Gasteiger partial charge in [0.1, 0.15) is 0 Å². The summed E-state index contributed by atoms with van der Waals surface area (Å²) >= 11 is 13.9. The number of aromatic nitrogens is 2. The minimum atomic E-state index is 0.174. The van der Waals surface area contributed by atoms with Crippen LogP contribution in [0.15, 0.2) is 24.3 Å². The molecule has 1 heterocycles. The summed E-state index contributed by atoms with van der Waals surface area (Å²) < 4.78 is 7.03. The first-order chi connectivity index (χ1) is 10.4. The average molecular weight is 521 g/mol. The SMILES string of the molecule is ClN(Cl)C12CCC(CC1)C2.Cn1[c](=[Pt])n(C)c2ccccc21. The van der Waals surface area contributed by atoms with Gasteiger partial charge in [0, 0.05) is 0 Å². The standard InChI is InChI=1S/C9H10N2.C7H11Cl2N.Pt/c1-10-7-11(2)9-6-4-3-5-8(9)10;8-10(9)7-3-1-6(5-7)2-4-7;/h3-6H,1-2H3;6H,1-5H2;. The van der Waals surface area contributed by atoms with Gasteiger partial charge in [-0.15, -0.1) is 3.94 Å². The van der Waals surface area contributed by atoms with Gasteiger partial charge < -0.3 is 0 Å². The molecule has 2 aliphatic carbocycles. The van der Waals surface area contributed by atoms with E-state index in [0.29, 0.717) is 0 Å². The van der Waals surface area contributed by atoms with E-state index in [9.17, 15) is 0 Å². The van der Waals surface area contributed by atoms with Crippen LogP contribution in [0.2, 0.25) is 0 Å². The number of nitrogens with zero attached hydrogens (tertiary/aromatic N) is 3. The zero-order valence-electron chi connectivity index (χ0n) is 12.8. The number of fused-ring (bicyclic) bond motifs is 3. The van der Waals surface area contributed by atoms with Gasteiger partial charge in [-0.05, 0) is 61.6 Å². The van der Waals surface area contributed by atoms with Crippen molar-refractivity contribution >= 4 is 34.6 Å². The van der Waals surface area contributed by atoms with Crippen molar-refractivity contribution in [2.45, 2.75) is 37.6 Å². The third-order valence-electron chi connectivity index (χ3n) is 5.18. The van der Waals surface area contributed by atoms with E-state index >= 15 is 0 Å². The molecule has 0 atom stereocenters. The zero-order chi connectivity index (χ0) is 15.9. The summed E-state index contributed by atoms with van der Waals surface area (Å²) in [4.78, 5) is 0. The van der Waals surface area contributed by atoms with Crippen LogP contribution in [-0.2, 0) is 33.4 Å². The molecule has 0 saturated heterocycles. The molecule has 2 bridgehead atoms. The summed E-state index contributed by atoms with van der Waals surface area (Å²) in [6.45, 7) is 0. The van der Waals surface area contributed by atoms with Crippen LogP contribution in [0, 0.1) is 9.72 Å². The Hall–Kier alpha value is -0.0817. The van der Waals surface area contributed by atoms with E-state index in [2.05, 4.69) is 66.8 Å². The fraction of sp³-hybridized carbons (Fsp3) is 0.562. The molecule has 0 N–H and O–H groups in total. The van der Waals surface area contributed by atoms with Crippen LogP contribution in [0.1, 0.15) is 32.1 Å². The molecule has 4 rings (SSSR count). The maximum absolute atomic E-state index is 5.77. The van der Waals surface area contributed by atoms with E-state index in [1.54, 1.807) is 0 Å². The molecule has 1 aromatic heterocycles. The molecule has 2 aliphatic rings. The topological polar surface area (TPSA) is 13.1 Å². The number of rotatable bonds is 1. The average Bonchev–Trinajstić information content (AvgIpc) is 3.20. The molecule has 124 valence electrons. The Morgan fingerprint density at radius 1 is 1.09 bits per heavy atom. The van der Waals surface area contributed by atoms with Crippen LogP contribution in [-0.4, -0.2) is 18.6 Å². The van der Waals surface area contributed by atoms with Crippen molar-refractivity contribution in [1.29, 1.82) is 0 Å². The molecule has 2 aromatic rings. The van der Waals surface area contributed by atoms with Gasteiger partial charge in [0.15, 0.2) is 0 Å². The van der Waals surface area contributed by atoms with E-state index in [4.69, 9.17) is 23.6 Å². The Morgan fingerprint density at radius 3 is 1.91 bits per heavy atom. The van der Waals surface area contributed by atoms with Crippen LogP contribution >= 0.6 is 23.6 Å². The molecule has 0 amide bonds. The van der Waals surface area contributed by atoms with Crippen molar-refractivity contribution in [3.8, 4) is 0 Å². The molecule has 0 spiro atoms. The quantitative estimate of drug-likeness (QED) is 0.504. The number of para-hydroxylation sites is 2. The van der Waals surface area contributed by atoms with Crippen LogP contribution in [0.25, 0.3) is 11.0 Å². The Bertz CT molecular complexity index is 685. The molecule has 0 unspecified atom stereocenters. The molecule has 22 heavy (non-hydrogen) atoms. The predicted molar refractivity (Wildman–Crippen MR) is 88.0 cm³/mol. The van der Waals surface area contributed by atoms with Crippen molar-refractivity contribution in [2.24, 2.45) is 20.0 Å². The van der Waals surface area contributed by atoms with Crippen LogP contribution in [0.3, 0.4) is 0 Å². The van der Waals surface area contributed by atoms with Gasteiger partial charge in [0.05, 0.1) is 5.54 Å². The summed E-state index contributed by atoms with van der Waals surface area (Å²) in [7, 11) is 4.18. The summed E-state index contributed by atoms with van der Waals surface area (Å²) in [6.07, 6.45) is 6.28. The first-order valence-corrected chi connectivity index (χ1v) is 9.43. The molecular formula is C16H21Cl2N3Pt. The fourth-order valence-electron chi connectivity index (χ4n) is 3.84. The second kappa shape index (κ2) is 6.43. The Balaban J connectivity index is 0.000000133. The number of benzene rings is 1. The molecular weight excluding hydrogens is 500 g/mol. The third-order valence-corrected chi connectivity index (χ3v) is 7.42. The van der Waals surface area contributed by atoms with Gasteiger partial charge in [-0.1, -0.05) is 0 Å². The van der Waals surface area contributed by atoms with Gasteiger partial charge in [-0.25, -0.2) is 0 Å². The first kappa shape index (κ1) is 16.8. The van der Waals surface area contributed by atoms with Crippen molar-refractivity contribution in [3.63, 3.8) is 0 Å². The summed E-state index contributed by atoms with van der Waals surface area (Å²) in [5.74, 6) is 0.917. The Kier molecular flexibility index (Phi) is 4.90. The summed E-state index contributed by atoms with van der Waals surface area (Å²) in [6, 6.07) is 8.41. The van der Waals surface area contributed by atoms with Crippen molar-refractivity contribution in [3.05, 3.63) is 28.1 Å². The van der Waals surface area contributed by atoms with Gasteiger partial charge in [0.25, 0.3) is 0 Å². The molecule has 6 heteroatoms. The van der Waals surface area contributed by atoms with Crippen LogP contribution < -0.4 is 0 Å². The number of aryl methyl sites for hydroxylation is 2. The van der Waals surface area contributed by atoms with Crippen LogP contribution in [0.4, 0.5) is 0 Å². The van der Waals surface area contributed by atoms with E-state index < -0.39 is 0 Å². The molecule has 3 nitrogen and oxygen atoms in total. The molecule has 0 aliphatic heterocycles. The van der Waals surface area contributed by atoms with Crippen molar-refractivity contribution < 1.29 is 19.4 Å². The minimum absolute atomic E-state index is 0.174. The van der Waals surface area contributed by atoms with Crippen molar-refractivity contribution in [2.75, 3.05) is 0 Å². The summed E-state index contributed by atoms with van der Waals surface area (Å²) in [5.41, 5.74) is 2.74. The third kappa shape index (κ3) is 2.86. The normalized spacial score (nSPS) is 26.6. The van der Waals surface area contributed by atoms with E-state index in [-0.39, 0.29) is 5.54 Å². The maximum atomic E-state index is 5.77. The monoisotopic (exact) mass is 520 g/mol. The van der Waals surface area contributed by atoms with Gasteiger partial charge >= 0.3 is 81.7 Å². The molecule has 2 saturated carbocycles. The van der Waals surface area contributed by atoms with E-state index in [1.165, 1.54) is 50.9 Å². The van der Waals surface area contributed by atoms with E-state index in [0.717, 1.165) is 5.92 Å². The van der Waals surface area contributed by atoms with Crippen LogP contribution in [0.5, 0.6) is 0 Å². The first-order valence-electron chi connectivity index (χ1n) is 7.62. The zero-order valence-corrected chi connectivity index (χ0v) is 16.6. The Morgan fingerprint density at radius 2 is 1.59 bits per heavy atom. The van der Waals surface area contributed by atoms with Gasteiger partial charge in [-0.2, -0.15) is 0 Å². The molecule has 0 radical (unpaired) electrons. The molecule has 2 fully saturated rings. The predicted octanol–water partition coefficient (Wildman–Crippen LogP) is 4.52. The van der Waals surface area contributed by atoms with Gasteiger partial charge in [-0.3, -0.25) is 0 Å². The van der Waals surface area contributed by atoms with E-state index in [1.807, 2.05) is 0 Å².